The summed E-state index contributed by atoms with van der Waals surface area (Å²) in [4.78, 5) is 25.1. The summed E-state index contributed by atoms with van der Waals surface area (Å²) >= 11 is 9.32. The van der Waals surface area contributed by atoms with E-state index in [0.29, 0.717) is 28.2 Å². The van der Waals surface area contributed by atoms with Crippen LogP contribution in [-0.4, -0.2) is 50.6 Å². The van der Waals surface area contributed by atoms with Gasteiger partial charge in [-0.3, -0.25) is 9.59 Å². The Morgan fingerprint density at radius 1 is 1.45 bits per heavy atom. The van der Waals surface area contributed by atoms with Gasteiger partial charge in [0.2, 0.25) is 5.91 Å². The molecule has 0 unspecified atom stereocenters. The molecule has 0 aliphatic carbocycles. The minimum Gasteiger partial charge on any atom is -0.383 e. The van der Waals surface area contributed by atoms with Gasteiger partial charge in [0.25, 0.3) is 5.91 Å². The van der Waals surface area contributed by atoms with Gasteiger partial charge in [-0.2, -0.15) is 0 Å². The summed E-state index contributed by atoms with van der Waals surface area (Å²) in [6.07, 6.45) is 0. The van der Waals surface area contributed by atoms with E-state index in [9.17, 15) is 9.59 Å². The number of methoxy groups -OCH3 is 1. The molecular formula is C13H16BrClN2O3. The van der Waals surface area contributed by atoms with Gasteiger partial charge >= 0.3 is 0 Å². The Bertz CT molecular complexity index is 497. The molecule has 0 fully saturated rings. The summed E-state index contributed by atoms with van der Waals surface area (Å²) < 4.78 is 5.47. The minimum atomic E-state index is -0.307. The molecule has 0 radical (unpaired) electrons. The number of carbonyl (C=O) groups is 2. The van der Waals surface area contributed by atoms with Crippen LogP contribution in [0, 0.1) is 0 Å². The molecule has 0 atom stereocenters. The van der Waals surface area contributed by atoms with Crippen molar-refractivity contribution in [1.29, 1.82) is 0 Å². The quantitative estimate of drug-likeness (QED) is 0.786. The Morgan fingerprint density at radius 2 is 2.15 bits per heavy atom. The second-order valence-corrected chi connectivity index (χ2v) is 5.34. The number of hydrogen-bond acceptors (Lipinski definition) is 3. The summed E-state index contributed by atoms with van der Waals surface area (Å²) in [5.74, 6) is -0.554. The lowest BCUT2D eigenvalue weighted by Crippen LogP contribution is -2.39. The number of halogens is 2. The number of benzene rings is 1. The summed E-state index contributed by atoms with van der Waals surface area (Å²) in [6, 6.07) is 5.08. The highest BCUT2D eigenvalue weighted by Gasteiger charge is 2.18. The van der Waals surface area contributed by atoms with E-state index in [1.165, 1.54) is 4.90 Å². The number of nitrogens with one attached hydrogen (secondary N) is 1. The molecule has 0 aliphatic heterocycles. The zero-order valence-electron chi connectivity index (χ0n) is 11.3. The Balaban J connectivity index is 2.63. The monoisotopic (exact) mass is 362 g/mol. The molecule has 1 rings (SSSR count). The molecule has 110 valence electrons. The average molecular weight is 364 g/mol. The topological polar surface area (TPSA) is 58.6 Å². The number of rotatable bonds is 6. The summed E-state index contributed by atoms with van der Waals surface area (Å²) in [5, 5.41) is 2.98. The SMILES string of the molecule is COCCNC(=O)CN(C)C(=O)c1cccc(Br)c1Cl. The summed E-state index contributed by atoms with van der Waals surface area (Å²) in [6.45, 7) is 0.807. The van der Waals surface area contributed by atoms with Crippen molar-refractivity contribution < 1.29 is 14.3 Å². The van der Waals surface area contributed by atoms with Crippen LogP contribution in [0.1, 0.15) is 10.4 Å². The first kappa shape index (κ1) is 16.9. The van der Waals surface area contributed by atoms with Crippen LogP contribution in [0.2, 0.25) is 5.02 Å². The van der Waals surface area contributed by atoms with E-state index in [4.69, 9.17) is 16.3 Å². The van der Waals surface area contributed by atoms with Crippen LogP contribution in [-0.2, 0) is 9.53 Å². The predicted octanol–water partition coefficient (Wildman–Crippen LogP) is 1.94. The molecule has 0 saturated heterocycles. The van der Waals surface area contributed by atoms with Gasteiger partial charge in [-0.1, -0.05) is 17.7 Å². The van der Waals surface area contributed by atoms with Crippen LogP contribution in [0.5, 0.6) is 0 Å². The lowest BCUT2D eigenvalue weighted by molar-refractivity contribution is -0.121. The van der Waals surface area contributed by atoms with Crippen molar-refractivity contribution in [3.05, 3.63) is 33.3 Å². The van der Waals surface area contributed by atoms with Crippen LogP contribution < -0.4 is 5.32 Å². The molecule has 7 heteroatoms. The molecule has 1 N–H and O–H groups in total. The van der Waals surface area contributed by atoms with Crippen LogP contribution in [0.25, 0.3) is 0 Å². The fourth-order valence-corrected chi connectivity index (χ4v) is 2.08. The van der Waals surface area contributed by atoms with Gasteiger partial charge in [0.05, 0.1) is 23.7 Å². The third-order valence-corrected chi connectivity index (χ3v) is 3.83. The number of nitrogens with zero attached hydrogens (tertiary/aromatic N) is 1. The molecule has 0 aliphatic rings. The van der Waals surface area contributed by atoms with E-state index < -0.39 is 0 Å². The van der Waals surface area contributed by atoms with Gasteiger partial charge in [-0.15, -0.1) is 0 Å². The molecule has 0 spiro atoms. The minimum absolute atomic E-state index is 0.0363. The van der Waals surface area contributed by atoms with Crippen molar-refractivity contribution in [2.45, 2.75) is 0 Å². The molecular weight excluding hydrogens is 348 g/mol. The zero-order valence-corrected chi connectivity index (χ0v) is 13.6. The van der Waals surface area contributed by atoms with Crippen LogP contribution in [0.3, 0.4) is 0 Å². The molecule has 2 amide bonds. The van der Waals surface area contributed by atoms with Crippen LogP contribution >= 0.6 is 27.5 Å². The molecule has 1 aromatic rings. The Hall–Kier alpha value is -1.11. The van der Waals surface area contributed by atoms with Gasteiger partial charge in [-0.25, -0.2) is 0 Å². The Labute approximate surface area is 131 Å². The largest absolute Gasteiger partial charge is 0.383 e. The highest BCUT2D eigenvalue weighted by atomic mass is 79.9. The first-order valence-electron chi connectivity index (χ1n) is 5.92. The molecule has 0 heterocycles. The lowest BCUT2D eigenvalue weighted by Gasteiger charge is -2.17. The van der Waals surface area contributed by atoms with Gasteiger partial charge in [0.1, 0.15) is 0 Å². The van der Waals surface area contributed by atoms with Crippen molar-refractivity contribution in [2.75, 3.05) is 33.9 Å². The molecule has 1 aromatic carbocycles. The Morgan fingerprint density at radius 3 is 2.80 bits per heavy atom. The van der Waals surface area contributed by atoms with E-state index in [1.807, 2.05) is 0 Å². The van der Waals surface area contributed by atoms with E-state index in [-0.39, 0.29) is 18.4 Å². The summed E-state index contributed by atoms with van der Waals surface area (Å²) in [7, 11) is 3.10. The van der Waals surface area contributed by atoms with Crippen molar-refractivity contribution in [1.82, 2.24) is 10.2 Å². The zero-order chi connectivity index (χ0) is 15.1. The number of amides is 2. The fourth-order valence-electron chi connectivity index (χ4n) is 1.51. The first-order chi connectivity index (χ1) is 9.47. The normalized spacial score (nSPS) is 10.2. The van der Waals surface area contributed by atoms with Crippen molar-refractivity contribution >= 4 is 39.3 Å². The van der Waals surface area contributed by atoms with Crippen molar-refractivity contribution in [3.63, 3.8) is 0 Å². The third kappa shape index (κ3) is 4.77. The van der Waals surface area contributed by atoms with Gasteiger partial charge < -0.3 is 15.0 Å². The maximum Gasteiger partial charge on any atom is 0.255 e. The maximum atomic E-state index is 12.2. The second-order valence-electron chi connectivity index (χ2n) is 4.11. The third-order valence-electron chi connectivity index (χ3n) is 2.54. The fraction of sp³-hybridized carbons (Fsp3) is 0.385. The lowest BCUT2D eigenvalue weighted by atomic mass is 10.2. The number of ether oxygens (including phenoxy) is 1. The van der Waals surface area contributed by atoms with Crippen LogP contribution in [0.4, 0.5) is 0 Å². The number of hydrogen-bond donors (Lipinski definition) is 1. The Kier molecular flexibility index (Phi) is 6.98. The van der Waals surface area contributed by atoms with Gasteiger partial charge in [0, 0.05) is 25.2 Å². The van der Waals surface area contributed by atoms with E-state index in [1.54, 1.807) is 32.4 Å². The second kappa shape index (κ2) is 8.24. The highest BCUT2D eigenvalue weighted by molar-refractivity contribution is 9.10. The summed E-state index contributed by atoms with van der Waals surface area (Å²) in [5.41, 5.74) is 0.355. The smallest absolute Gasteiger partial charge is 0.255 e. The molecule has 0 aromatic heterocycles. The van der Waals surface area contributed by atoms with E-state index >= 15 is 0 Å². The van der Waals surface area contributed by atoms with Gasteiger partial charge in [-0.05, 0) is 28.1 Å². The van der Waals surface area contributed by atoms with E-state index in [0.717, 1.165) is 0 Å². The number of carbonyl (C=O) groups excluding carboxylic acids is 2. The molecule has 20 heavy (non-hydrogen) atoms. The first-order valence-corrected chi connectivity index (χ1v) is 7.09. The highest BCUT2D eigenvalue weighted by Crippen LogP contribution is 2.26. The molecule has 5 nitrogen and oxygen atoms in total. The molecule has 0 saturated carbocycles. The molecule has 0 bridgehead atoms. The average Bonchev–Trinajstić information content (AvgIpc) is 2.41. The van der Waals surface area contributed by atoms with Crippen molar-refractivity contribution in [2.24, 2.45) is 0 Å². The van der Waals surface area contributed by atoms with E-state index in [2.05, 4.69) is 21.2 Å². The predicted molar refractivity (Wildman–Crippen MR) is 81.0 cm³/mol. The maximum absolute atomic E-state index is 12.2. The van der Waals surface area contributed by atoms with Crippen molar-refractivity contribution in [3.8, 4) is 0 Å². The van der Waals surface area contributed by atoms with Gasteiger partial charge in [0.15, 0.2) is 0 Å². The standard InChI is InChI=1S/C13H16BrClN2O3/c1-17(8-11(18)16-6-7-20-2)13(19)9-4-3-5-10(14)12(9)15/h3-5H,6-8H2,1-2H3,(H,16,18). The van der Waals surface area contributed by atoms with Crippen LogP contribution in [0.15, 0.2) is 22.7 Å². The number of likely N-dealkylation sites (N-methyl/N-ethyl adjacent to an activating group) is 1.